The number of sulfonamides is 1. The zero-order chi connectivity index (χ0) is 19.6. The van der Waals surface area contributed by atoms with Crippen molar-refractivity contribution in [1.82, 2.24) is 9.71 Å². The first-order valence-electron chi connectivity index (χ1n) is 9.42. The number of benzene rings is 2. The lowest BCUT2D eigenvalue weighted by molar-refractivity contribution is 0.331. The largest absolute Gasteiger partial charge is 0.492 e. The number of hydrogen-bond acceptors (Lipinski definition) is 6. The van der Waals surface area contributed by atoms with E-state index in [1.165, 1.54) is 0 Å². The molecule has 148 valence electrons. The third-order valence-electron chi connectivity index (χ3n) is 4.85. The molecule has 1 aromatic heterocycles. The minimum absolute atomic E-state index is 0.0120. The van der Waals surface area contributed by atoms with Crippen LogP contribution in [0.25, 0.3) is 11.1 Å². The van der Waals surface area contributed by atoms with Crippen molar-refractivity contribution in [3.63, 3.8) is 0 Å². The number of hydrogen-bond donors (Lipinski definition) is 1. The van der Waals surface area contributed by atoms with Gasteiger partial charge in [0.05, 0.1) is 6.61 Å². The summed E-state index contributed by atoms with van der Waals surface area (Å²) in [7, 11) is -3.68. The number of anilines is 1. The Labute approximate surface area is 164 Å². The lowest BCUT2D eigenvalue weighted by Crippen LogP contribution is -2.40. The number of para-hydroxylation sites is 3. The normalized spacial score (nSPS) is 17.3. The van der Waals surface area contributed by atoms with Crippen LogP contribution in [0.4, 0.5) is 6.01 Å². The molecule has 0 bridgehead atoms. The number of nitrogens with one attached hydrogen (secondary N) is 1. The monoisotopic (exact) mass is 401 g/mol. The van der Waals surface area contributed by atoms with Crippen molar-refractivity contribution in [3.05, 3.63) is 48.5 Å². The van der Waals surface area contributed by atoms with Crippen LogP contribution in [0.15, 0.2) is 57.8 Å². The molecule has 0 spiro atoms. The summed E-state index contributed by atoms with van der Waals surface area (Å²) in [6.45, 7) is 3.30. The molecule has 1 aliphatic heterocycles. The zero-order valence-electron chi connectivity index (χ0n) is 15.7. The summed E-state index contributed by atoms with van der Waals surface area (Å²) >= 11 is 0. The van der Waals surface area contributed by atoms with Crippen LogP contribution in [0.1, 0.15) is 19.8 Å². The number of oxazole rings is 1. The Hall–Kier alpha value is -2.58. The van der Waals surface area contributed by atoms with Crippen molar-refractivity contribution in [2.75, 3.05) is 24.6 Å². The van der Waals surface area contributed by atoms with Crippen LogP contribution in [0.2, 0.25) is 0 Å². The molecule has 0 amide bonds. The molecule has 2 aromatic carbocycles. The van der Waals surface area contributed by atoms with Gasteiger partial charge < -0.3 is 14.1 Å². The van der Waals surface area contributed by atoms with Crippen LogP contribution >= 0.6 is 0 Å². The van der Waals surface area contributed by atoms with E-state index in [9.17, 15) is 8.42 Å². The molecule has 0 aliphatic carbocycles. The van der Waals surface area contributed by atoms with E-state index in [0.717, 1.165) is 30.5 Å². The van der Waals surface area contributed by atoms with Gasteiger partial charge in [-0.2, -0.15) is 4.98 Å². The first kappa shape index (κ1) is 18.8. The summed E-state index contributed by atoms with van der Waals surface area (Å²) in [5.74, 6) is 0.361. The smallest absolute Gasteiger partial charge is 0.298 e. The molecule has 4 rings (SSSR count). The van der Waals surface area contributed by atoms with E-state index < -0.39 is 10.0 Å². The predicted octanol–water partition coefficient (Wildman–Crippen LogP) is 3.17. The lowest BCUT2D eigenvalue weighted by Gasteiger charge is -2.23. The van der Waals surface area contributed by atoms with Gasteiger partial charge in [-0.25, -0.2) is 13.1 Å². The molecule has 1 N–H and O–H groups in total. The van der Waals surface area contributed by atoms with Crippen LogP contribution in [-0.2, 0) is 10.0 Å². The summed E-state index contributed by atoms with van der Waals surface area (Å²) in [5, 5.41) is 0. The maximum Gasteiger partial charge on any atom is 0.298 e. The van der Waals surface area contributed by atoms with Crippen molar-refractivity contribution >= 4 is 27.1 Å². The predicted molar refractivity (Wildman–Crippen MR) is 107 cm³/mol. The van der Waals surface area contributed by atoms with Gasteiger partial charge in [0.2, 0.25) is 10.0 Å². The van der Waals surface area contributed by atoms with Crippen LogP contribution in [-0.4, -0.2) is 39.1 Å². The summed E-state index contributed by atoms with van der Waals surface area (Å²) in [6.07, 6.45) is 1.83. The highest BCUT2D eigenvalue weighted by molar-refractivity contribution is 7.89. The number of ether oxygens (including phenoxy) is 1. The van der Waals surface area contributed by atoms with Crippen LogP contribution < -0.4 is 14.4 Å². The number of nitrogens with zero attached hydrogens (tertiary/aromatic N) is 2. The quantitative estimate of drug-likeness (QED) is 0.655. The highest BCUT2D eigenvalue weighted by Gasteiger charge is 2.30. The van der Waals surface area contributed by atoms with E-state index in [1.807, 2.05) is 36.1 Å². The second-order valence-electron chi connectivity index (χ2n) is 6.69. The minimum atomic E-state index is -3.68. The summed E-state index contributed by atoms with van der Waals surface area (Å²) in [4.78, 5) is 6.74. The fourth-order valence-electron chi connectivity index (χ4n) is 3.51. The molecule has 1 fully saturated rings. The van der Waals surface area contributed by atoms with Gasteiger partial charge >= 0.3 is 0 Å². The third-order valence-corrected chi connectivity index (χ3v) is 6.32. The Morgan fingerprint density at radius 2 is 2.00 bits per heavy atom. The molecular formula is C20H23N3O4S. The first-order chi connectivity index (χ1) is 13.6. The van der Waals surface area contributed by atoms with Gasteiger partial charge in [-0.05, 0) is 44.0 Å². The van der Waals surface area contributed by atoms with Crippen molar-refractivity contribution in [1.29, 1.82) is 0 Å². The van der Waals surface area contributed by atoms with Gasteiger partial charge in [0.1, 0.15) is 16.2 Å². The molecule has 1 unspecified atom stereocenters. The third kappa shape index (κ3) is 3.70. The van der Waals surface area contributed by atoms with Crippen LogP contribution in [0.3, 0.4) is 0 Å². The Kier molecular flexibility index (Phi) is 5.23. The van der Waals surface area contributed by atoms with E-state index in [4.69, 9.17) is 9.15 Å². The van der Waals surface area contributed by atoms with Crippen molar-refractivity contribution in [2.45, 2.75) is 30.7 Å². The van der Waals surface area contributed by atoms with Crippen molar-refractivity contribution < 1.29 is 17.6 Å². The van der Waals surface area contributed by atoms with Gasteiger partial charge in [-0.15, -0.1) is 0 Å². The Morgan fingerprint density at radius 1 is 1.21 bits per heavy atom. The Morgan fingerprint density at radius 3 is 2.82 bits per heavy atom. The van der Waals surface area contributed by atoms with E-state index in [0.29, 0.717) is 18.4 Å². The SMILES string of the molecule is CCOc1ccccc1S(=O)(=O)NCC1CCCN1c1nc2ccccc2o1. The first-order valence-corrected chi connectivity index (χ1v) is 10.9. The summed E-state index contributed by atoms with van der Waals surface area (Å²) in [6, 6.07) is 14.8. The van der Waals surface area contributed by atoms with E-state index >= 15 is 0 Å². The molecule has 2 heterocycles. The van der Waals surface area contributed by atoms with Gasteiger partial charge in [0, 0.05) is 19.1 Å². The van der Waals surface area contributed by atoms with Crippen LogP contribution in [0.5, 0.6) is 5.75 Å². The van der Waals surface area contributed by atoms with Gasteiger partial charge in [-0.3, -0.25) is 0 Å². The fraction of sp³-hybridized carbons (Fsp3) is 0.350. The van der Waals surface area contributed by atoms with Crippen LogP contribution in [0, 0.1) is 0 Å². The maximum absolute atomic E-state index is 12.8. The minimum Gasteiger partial charge on any atom is -0.492 e. The number of rotatable bonds is 7. The second kappa shape index (κ2) is 7.81. The number of aromatic nitrogens is 1. The number of fused-ring (bicyclic) bond motifs is 1. The maximum atomic E-state index is 12.8. The molecule has 0 saturated carbocycles. The van der Waals surface area contributed by atoms with Gasteiger partial charge in [0.25, 0.3) is 6.01 Å². The standard InChI is InChI=1S/C20H23N3O4S/c1-2-26-18-11-5-6-12-19(18)28(24,25)21-14-15-8-7-13-23(15)20-22-16-9-3-4-10-17(16)27-20/h3-6,9-12,15,21H,2,7-8,13-14H2,1H3. The van der Waals surface area contributed by atoms with Crippen molar-refractivity contribution in [3.8, 4) is 5.75 Å². The molecule has 28 heavy (non-hydrogen) atoms. The average Bonchev–Trinajstić information content (AvgIpc) is 3.33. The Balaban J connectivity index is 1.50. The Bertz CT molecular complexity index is 1030. The molecule has 1 atom stereocenters. The highest BCUT2D eigenvalue weighted by Crippen LogP contribution is 2.29. The highest BCUT2D eigenvalue weighted by atomic mass is 32.2. The molecule has 8 heteroatoms. The fourth-order valence-corrected chi connectivity index (χ4v) is 4.73. The zero-order valence-corrected chi connectivity index (χ0v) is 16.5. The second-order valence-corrected chi connectivity index (χ2v) is 8.42. The van der Waals surface area contributed by atoms with E-state index in [1.54, 1.807) is 24.3 Å². The van der Waals surface area contributed by atoms with E-state index in [-0.39, 0.29) is 17.5 Å². The molecule has 7 nitrogen and oxygen atoms in total. The lowest BCUT2D eigenvalue weighted by atomic mass is 10.2. The van der Waals surface area contributed by atoms with Gasteiger partial charge in [-0.1, -0.05) is 24.3 Å². The molecule has 1 aliphatic rings. The van der Waals surface area contributed by atoms with Gasteiger partial charge in [0.15, 0.2) is 5.58 Å². The molecule has 3 aromatic rings. The van der Waals surface area contributed by atoms with Crippen molar-refractivity contribution in [2.24, 2.45) is 0 Å². The molecular weight excluding hydrogens is 378 g/mol. The van der Waals surface area contributed by atoms with E-state index in [2.05, 4.69) is 9.71 Å². The molecule has 0 radical (unpaired) electrons. The summed E-state index contributed by atoms with van der Waals surface area (Å²) < 4.78 is 39.7. The summed E-state index contributed by atoms with van der Waals surface area (Å²) in [5.41, 5.74) is 1.53. The topological polar surface area (TPSA) is 84.7 Å². The molecule has 1 saturated heterocycles. The average molecular weight is 401 g/mol.